The highest BCUT2D eigenvalue weighted by molar-refractivity contribution is 9.10. The fourth-order valence-electron chi connectivity index (χ4n) is 2.07. The van der Waals surface area contributed by atoms with Crippen LogP contribution >= 0.6 is 27.3 Å². The van der Waals surface area contributed by atoms with Crippen molar-refractivity contribution in [3.63, 3.8) is 0 Å². The molecule has 0 fully saturated rings. The average molecular weight is 319 g/mol. The van der Waals surface area contributed by atoms with Crippen LogP contribution in [0.1, 0.15) is 17.2 Å². The summed E-state index contributed by atoms with van der Waals surface area (Å²) >= 11 is 5.20. The number of hydrogen-bond acceptors (Lipinski definition) is 3. The fraction of sp³-hybridized carbons (Fsp3) is 0.0714. The number of pyridine rings is 1. The van der Waals surface area contributed by atoms with Crippen LogP contribution in [0.25, 0.3) is 10.9 Å². The molecule has 18 heavy (non-hydrogen) atoms. The van der Waals surface area contributed by atoms with E-state index in [1.807, 2.05) is 30.5 Å². The third-order valence-electron chi connectivity index (χ3n) is 3.00. The Kier molecular flexibility index (Phi) is 3.16. The van der Waals surface area contributed by atoms with Gasteiger partial charge in [0.05, 0.1) is 11.6 Å². The molecule has 90 valence electrons. The molecule has 0 aliphatic heterocycles. The molecule has 0 saturated carbocycles. The van der Waals surface area contributed by atoms with Crippen LogP contribution in [0.5, 0.6) is 0 Å². The average Bonchev–Trinajstić information content (AvgIpc) is 2.83. The first-order valence-electron chi connectivity index (χ1n) is 5.58. The van der Waals surface area contributed by atoms with E-state index in [0.717, 1.165) is 26.5 Å². The number of nitrogens with two attached hydrogens (primary N) is 1. The zero-order valence-electron chi connectivity index (χ0n) is 9.51. The number of nitrogens with zero attached hydrogens (tertiary/aromatic N) is 1. The second-order valence-corrected chi connectivity index (χ2v) is 5.67. The number of aromatic nitrogens is 1. The summed E-state index contributed by atoms with van der Waals surface area (Å²) < 4.78 is 1.07. The summed E-state index contributed by atoms with van der Waals surface area (Å²) in [5.41, 5.74) is 9.59. The van der Waals surface area contributed by atoms with Crippen molar-refractivity contribution in [2.75, 3.05) is 0 Å². The molecular weight excluding hydrogens is 308 g/mol. The quantitative estimate of drug-likeness (QED) is 0.772. The Bertz CT molecular complexity index is 688. The van der Waals surface area contributed by atoms with E-state index >= 15 is 0 Å². The van der Waals surface area contributed by atoms with Gasteiger partial charge in [0, 0.05) is 21.4 Å². The van der Waals surface area contributed by atoms with E-state index in [4.69, 9.17) is 5.73 Å². The SMILES string of the molecule is NC(c1cscc1Br)c1ccnc2ccccc12. The van der Waals surface area contributed by atoms with E-state index in [1.54, 1.807) is 11.3 Å². The summed E-state index contributed by atoms with van der Waals surface area (Å²) in [6, 6.07) is 9.95. The lowest BCUT2D eigenvalue weighted by Gasteiger charge is -2.14. The van der Waals surface area contributed by atoms with Crippen LogP contribution in [0.15, 0.2) is 51.8 Å². The predicted molar refractivity (Wildman–Crippen MR) is 79.8 cm³/mol. The molecule has 0 radical (unpaired) electrons. The number of para-hydroxylation sites is 1. The van der Waals surface area contributed by atoms with Gasteiger partial charge in [-0.25, -0.2) is 0 Å². The maximum atomic E-state index is 6.38. The van der Waals surface area contributed by atoms with Crippen molar-refractivity contribution in [1.82, 2.24) is 4.98 Å². The normalized spacial score (nSPS) is 12.8. The van der Waals surface area contributed by atoms with Crippen LogP contribution in [0.4, 0.5) is 0 Å². The van der Waals surface area contributed by atoms with Crippen LogP contribution in [0, 0.1) is 0 Å². The number of hydrogen-bond donors (Lipinski definition) is 1. The summed E-state index contributed by atoms with van der Waals surface area (Å²) in [5.74, 6) is 0. The summed E-state index contributed by atoms with van der Waals surface area (Å²) in [6.07, 6.45) is 1.82. The van der Waals surface area contributed by atoms with E-state index < -0.39 is 0 Å². The van der Waals surface area contributed by atoms with Gasteiger partial charge in [-0.2, -0.15) is 11.3 Å². The smallest absolute Gasteiger partial charge is 0.0705 e. The Balaban J connectivity index is 2.18. The van der Waals surface area contributed by atoms with Crippen molar-refractivity contribution >= 4 is 38.2 Å². The van der Waals surface area contributed by atoms with Crippen LogP contribution in [-0.4, -0.2) is 4.98 Å². The molecule has 1 aromatic carbocycles. The van der Waals surface area contributed by atoms with Gasteiger partial charge in [0.2, 0.25) is 0 Å². The number of rotatable bonds is 2. The van der Waals surface area contributed by atoms with Gasteiger partial charge in [-0.1, -0.05) is 18.2 Å². The topological polar surface area (TPSA) is 38.9 Å². The van der Waals surface area contributed by atoms with Gasteiger partial charge in [-0.05, 0) is 44.6 Å². The summed E-state index contributed by atoms with van der Waals surface area (Å²) in [7, 11) is 0. The lowest BCUT2D eigenvalue weighted by Crippen LogP contribution is -2.12. The fourth-order valence-corrected chi connectivity index (χ4v) is 3.65. The van der Waals surface area contributed by atoms with E-state index in [0.29, 0.717) is 0 Å². The number of halogens is 1. The highest BCUT2D eigenvalue weighted by Crippen LogP contribution is 2.32. The zero-order valence-corrected chi connectivity index (χ0v) is 11.9. The van der Waals surface area contributed by atoms with Gasteiger partial charge < -0.3 is 5.73 Å². The molecule has 0 aliphatic carbocycles. The Morgan fingerprint density at radius 2 is 1.94 bits per heavy atom. The molecule has 2 N–H and O–H groups in total. The van der Waals surface area contributed by atoms with E-state index in [2.05, 4.69) is 37.7 Å². The number of benzene rings is 1. The highest BCUT2D eigenvalue weighted by atomic mass is 79.9. The van der Waals surface area contributed by atoms with Crippen molar-refractivity contribution in [2.24, 2.45) is 5.73 Å². The van der Waals surface area contributed by atoms with Crippen molar-refractivity contribution in [3.8, 4) is 0 Å². The predicted octanol–water partition coefficient (Wildman–Crippen LogP) is 4.11. The summed E-state index contributed by atoms with van der Waals surface area (Å²) in [4.78, 5) is 4.36. The maximum absolute atomic E-state index is 6.38. The first-order chi connectivity index (χ1) is 8.77. The van der Waals surface area contributed by atoms with Gasteiger partial charge >= 0.3 is 0 Å². The standard InChI is InChI=1S/C14H11BrN2S/c15-12-8-18-7-11(12)14(16)10-5-6-17-13-4-2-1-3-9(10)13/h1-8,14H,16H2. The molecule has 1 unspecified atom stereocenters. The van der Waals surface area contributed by atoms with Crippen molar-refractivity contribution < 1.29 is 0 Å². The second kappa shape index (κ2) is 4.80. The minimum atomic E-state index is -0.126. The van der Waals surface area contributed by atoms with Gasteiger partial charge in [0.25, 0.3) is 0 Å². The van der Waals surface area contributed by atoms with E-state index in [1.165, 1.54) is 0 Å². The monoisotopic (exact) mass is 318 g/mol. The van der Waals surface area contributed by atoms with Gasteiger partial charge in [0.1, 0.15) is 0 Å². The molecule has 2 nitrogen and oxygen atoms in total. The Morgan fingerprint density at radius 3 is 2.72 bits per heavy atom. The first kappa shape index (κ1) is 11.8. The molecule has 0 saturated heterocycles. The van der Waals surface area contributed by atoms with Crippen molar-refractivity contribution in [3.05, 3.63) is 62.9 Å². The molecule has 4 heteroatoms. The molecule has 0 spiro atoms. The van der Waals surface area contributed by atoms with E-state index in [-0.39, 0.29) is 6.04 Å². The molecule has 3 aromatic rings. The summed E-state index contributed by atoms with van der Waals surface area (Å²) in [5, 5.41) is 5.26. The Morgan fingerprint density at radius 1 is 1.11 bits per heavy atom. The summed E-state index contributed by atoms with van der Waals surface area (Å²) in [6.45, 7) is 0. The van der Waals surface area contributed by atoms with Crippen molar-refractivity contribution in [2.45, 2.75) is 6.04 Å². The van der Waals surface area contributed by atoms with Crippen LogP contribution in [0.2, 0.25) is 0 Å². The van der Waals surface area contributed by atoms with Gasteiger partial charge in [-0.15, -0.1) is 0 Å². The second-order valence-electron chi connectivity index (χ2n) is 4.07. The van der Waals surface area contributed by atoms with Crippen LogP contribution in [0.3, 0.4) is 0 Å². The number of thiophene rings is 1. The third kappa shape index (κ3) is 1.96. The lowest BCUT2D eigenvalue weighted by molar-refractivity contribution is 0.879. The Labute approximate surface area is 118 Å². The lowest BCUT2D eigenvalue weighted by atomic mass is 9.99. The minimum absolute atomic E-state index is 0.126. The molecule has 0 aliphatic rings. The van der Waals surface area contributed by atoms with Gasteiger partial charge in [0.15, 0.2) is 0 Å². The molecule has 3 rings (SSSR count). The highest BCUT2D eigenvalue weighted by Gasteiger charge is 2.15. The van der Waals surface area contributed by atoms with Gasteiger partial charge in [-0.3, -0.25) is 4.98 Å². The molecular formula is C14H11BrN2S. The number of fused-ring (bicyclic) bond motifs is 1. The molecule has 0 amide bonds. The Hall–Kier alpha value is -1.23. The molecule has 0 bridgehead atoms. The molecule has 2 heterocycles. The van der Waals surface area contributed by atoms with Crippen LogP contribution < -0.4 is 5.73 Å². The van der Waals surface area contributed by atoms with E-state index in [9.17, 15) is 0 Å². The zero-order chi connectivity index (χ0) is 12.5. The van der Waals surface area contributed by atoms with Crippen molar-refractivity contribution in [1.29, 1.82) is 0 Å². The molecule has 2 aromatic heterocycles. The molecule has 1 atom stereocenters. The van der Waals surface area contributed by atoms with Crippen LogP contribution in [-0.2, 0) is 0 Å². The first-order valence-corrected chi connectivity index (χ1v) is 7.32. The maximum Gasteiger partial charge on any atom is 0.0705 e. The minimum Gasteiger partial charge on any atom is -0.320 e. The largest absolute Gasteiger partial charge is 0.320 e. The third-order valence-corrected chi connectivity index (χ3v) is 4.75.